The number of hydrogen-bond donors (Lipinski definition) is 1. The second-order valence-electron chi connectivity index (χ2n) is 4.10. The summed E-state index contributed by atoms with van der Waals surface area (Å²) < 4.78 is 5.48. The average Bonchev–Trinajstić information content (AvgIpc) is 2.39. The number of rotatable bonds is 8. The van der Waals surface area contributed by atoms with Crippen LogP contribution < -0.4 is 15.2 Å². The summed E-state index contributed by atoms with van der Waals surface area (Å²) in [6.07, 6.45) is 1.87. The maximum absolute atomic E-state index is 11.6. The van der Waals surface area contributed by atoms with Gasteiger partial charge in [-0.1, -0.05) is 13.3 Å². The third kappa shape index (κ3) is 5.90. The highest BCUT2D eigenvalue weighted by Crippen LogP contribution is 2.12. The zero-order chi connectivity index (χ0) is 14.1. The van der Waals surface area contributed by atoms with Gasteiger partial charge in [-0.2, -0.15) is 0 Å². The molecule has 0 spiro atoms. The fourth-order valence-electron chi connectivity index (χ4n) is 1.42. The first-order valence-electron chi connectivity index (χ1n) is 6.34. The largest absolute Gasteiger partial charge is 0.550 e. The molecule has 0 aliphatic rings. The molecule has 5 nitrogen and oxygen atoms in total. The highest BCUT2D eigenvalue weighted by atomic mass is 16.5. The topological polar surface area (TPSA) is 78.5 Å². The minimum atomic E-state index is -1.18. The summed E-state index contributed by atoms with van der Waals surface area (Å²) in [6.45, 7) is 2.81. The lowest BCUT2D eigenvalue weighted by Crippen LogP contribution is -2.30. The molecule has 0 fully saturated rings. The number of benzene rings is 1. The van der Waals surface area contributed by atoms with Crippen molar-refractivity contribution in [3.63, 3.8) is 0 Å². The Morgan fingerprint density at radius 3 is 2.53 bits per heavy atom. The van der Waals surface area contributed by atoms with Crippen LogP contribution in [0.25, 0.3) is 0 Å². The molecule has 1 aromatic rings. The summed E-state index contributed by atoms with van der Waals surface area (Å²) >= 11 is 0. The van der Waals surface area contributed by atoms with Crippen molar-refractivity contribution in [3.05, 3.63) is 29.8 Å². The first-order chi connectivity index (χ1) is 9.13. The van der Waals surface area contributed by atoms with Crippen LogP contribution in [0.2, 0.25) is 0 Å². The lowest BCUT2D eigenvalue weighted by atomic mass is 10.2. The molecule has 1 aromatic carbocycles. The summed E-state index contributed by atoms with van der Waals surface area (Å²) in [5.41, 5.74) is 0.473. The molecule has 5 heteroatoms. The molecule has 0 aromatic heterocycles. The van der Waals surface area contributed by atoms with Crippen molar-refractivity contribution in [1.82, 2.24) is 5.32 Å². The van der Waals surface area contributed by atoms with E-state index in [4.69, 9.17) is 4.74 Å². The number of nitrogens with one attached hydrogen (secondary N) is 1. The predicted molar refractivity (Wildman–Crippen MR) is 68.8 cm³/mol. The van der Waals surface area contributed by atoms with E-state index in [2.05, 4.69) is 12.2 Å². The van der Waals surface area contributed by atoms with Crippen molar-refractivity contribution in [2.24, 2.45) is 0 Å². The number of unbranched alkanes of at least 4 members (excludes halogenated alkanes) is 1. The van der Waals surface area contributed by atoms with Gasteiger partial charge in [-0.05, 0) is 30.7 Å². The first-order valence-corrected chi connectivity index (χ1v) is 6.34. The predicted octanol–water partition coefficient (Wildman–Crippen LogP) is 0.735. The van der Waals surface area contributed by atoms with Crippen molar-refractivity contribution in [2.45, 2.75) is 26.2 Å². The lowest BCUT2D eigenvalue weighted by molar-refractivity contribution is -0.305. The minimum Gasteiger partial charge on any atom is -0.550 e. The number of hydrogen-bond acceptors (Lipinski definition) is 4. The highest BCUT2D eigenvalue weighted by Gasteiger charge is 2.04. The average molecular weight is 264 g/mol. The number of carbonyl (C=O) groups is 2. The van der Waals surface area contributed by atoms with E-state index in [9.17, 15) is 14.7 Å². The van der Waals surface area contributed by atoms with Crippen LogP contribution >= 0.6 is 0 Å². The van der Waals surface area contributed by atoms with E-state index in [0.29, 0.717) is 12.2 Å². The molecule has 0 unspecified atom stereocenters. The van der Waals surface area contributed by atoms with Crippen LogP contribution in [0, 0.1) is 0 Å². The second kappa shape index (κ2) is 8.13. The first kappa shape index (κ1) is 15.0. The van der Waals surface area contributed by atoms with Gasteiger partial charge in [-0.15, -0.1) is 0 Å². The van der Waals surface area contributed by atoms with Gasteiger partial charge in [0.2, 0.25) is 0 Å². The number of ether oxygens (including phenoxy) is 1. The summed E-state index contributed by atoms with van der Waals surface area (Å²) in [7, 11) is 0. The molecule has 0 bridgehead atoms. The molecule has 0 saturated heterocycles. The highest BCUT2D eigenvalue weighted by molar-refractivity contribution is 5.94. The van der Waals surface area contributed by atoms with Gasteiger partial charge in [0.1, 0.15) is 5.75 Å². The third-order valence-corrected chi connectivity index (χ3v) is 2.50. The maximum Gasteiger partial charge on any atom is 0.251 e. The van der Waals surface area contributed by atoms with Crippen molar-refractivity contribution < 1.29 is 19.4 Å². The van der Waals surface area contributed by atoms with E-state index in [1.54, 1.807) is 24.3 Å². The zero-order valence-electron chi connectivity index (χ0n) is 11.0. The summed E-state index contributed by atoms with van der Waals surface area (Å²) in [4.78, 5) is 21.8. The van der Waals surface area contributed by atoms with E-state index < -0.39 is 5.97 Å². The Kier molecular flexibility index (Phi) is 6.43. The molecule has 1 amide bonds. The van der Waals surface area contributed by atoms with Gasteiger partial charge in [0, 0.05) is 24.5 Å². The van der Waals surface area contributed by atoms with E-state index >= 15 is 0 Å². The molecular weight excluding hydrogens is 246 g/mol. The van der Waals surface area contributed by atoms with Crippen molar-refractivity contribution >= 4 is 11.9 Å². The van der Waals surface area contributed by atoms with Crippen LogP contribution in [0.5, 0.6) is 5.75 Å². The molecule has 19 heavy (non-hydrogen) atoms. The number of carboxylic acid groups (broad SMARTS) is 1. The van der Waals surface area contributed by atoms with Crippen LogP contribution in [0.15, 0.2) is 24.3 Å². The molecule has 0 atom stereocenters. The van der Waals surface area contributed by atoms with E-state index in [1.165, 1.54) is 0 Å². The summed E-state index contributed by atoms with van der Waals surface area (Å²) in [5.74, 6) is -0.763. The number of aliphatic carboxylic acids is 1. The van der Waals surface area contributed by atoms with Crippen molar-refractivity contribution in [2.75, 3.05) is 13.2 Å². The quantitative estimate of drug-likeness (QED) is 0.702. The number of amides is 1. The normalized spacial score (nSPS) is 9.95. The Labute approximate surface area is 112 Å². The summed E-state index contributed by atoms with van der Waals surface area (Å²) in [5, 5.41) is 12.7. The summed E-state index contributed by atoms with van der Waals surface area (Å²) in [6, 6.07) is 6.75. The van der Waals surface area contributed by atoms with Crippen LogP contribution in [0.4, 0.5) is 0 Å². The van der Waals surface area contributed by atoms with Gasteiger partial charge in [0.15, 0.2) is 0 Å². The Hall–Kier alpha value is -2.04. The lowest BCUT2D eigenvalue weighted by Gasteiger charge is -2.08. The van der Waals surface area contributed by atoms with Gasteiger partial charge in [0.25, 0.3) is 5.91 Å². The second-order valence-corrected chi connectivity index (χ2v) is 4.10. The van der Waals surface area contributed by atoms with E-state index in [1.807, 2.05) is 0 Å². The van der Waals surface area contributed by atoms with Gasteiger partial charge in [-0.25, -0.2) is 0 Å². The van der Waals surface area contributed by atoms with Gasteiger partial charge in [0.05, 0.1) is 6.61 Å². The fourth-order valence-corrected chi connectivity index (χ4v) is 1.42. The molecular formula is C14H18NO4-. The van der Waals surface area contributed by atoms with Crippen molar-refractivity contribution in [1.29, 1.82) is 0 Å². The Morgan fingerprint density at radius 2 is 1.95 bits per heavy atom. The molecule has 1 N–H and O–H groups in total. The van der Waals surface area contributed by atoms with Crippen LogP contribution in [-0.2, 0) is 4.79 Å². The molecule has 0 aliphatic carbocycles. The molecule has 104 valence electrons. The standard InChI is InChI=1S/C14H19NO4/c1-2-3-10-19-12-6-4-11(5-7-12)14(18)15-9-8-13(16)17/h4-7H,2-3,8-10H2,1H3,(H,15,18)(H,16,17)/p-1. The molecule has 1 rings (SSSR count). The Bertz CT molecular complexity index is 414. The van der Waals surface area contributed by atoms with Crippen LogP contribution in [-0.4, -0.2) is 25.0 Å². The van der Waals surface area contributed by atoms with Gasteiger partial charge in [-0.3, -0.25) is 4.79 Å². The fraction of sp³-hybridized carbons (Fsp3) is 0.429. The van der Waals surface area contributed by atoms with E-state index in [0.717, 1.165) is 18.6 Å². The van der Waals surface area contributed by atoms with Gasteiger partial charge >= 0.3 is 0 Å². The number of carbonyl (C=O) groups excluding carboxylic acids is 2. The smallest absolute Gasteiger partial charge is 0.251 e. The Balaban J connectivity index is 2.41. The van der Waals surface area contributed by atoms with Crippen LogP contribution in [0.3, 0.4) is 0 Å². The maximum atomic E-state index is 11.6. The molecule has 0 aliphatic heterocycles. The van der Waals surface area contributed by atoms with Crippen molar-refractivity contribution in [3.8, 4) is 5.75 Å². The SMILES string of the molecule is CCCCOc1ccc(C(=O)NCCC(=O)[O-])cc1. The minimum absolute atomic E-state index is 0.0654. The number of carboxylic acids is 1. The molecule has 0 saturated carbocycles. The molecule has 0 radical (unpaired) electrons. The van der Waals surface area contributed by atoms with E-state index in [-0.39, 0.29) is 18.9 Å². The zero-order valence-corrected chi connectivity index (χ0v) is 11.0. The third-order valence-electron chi connectivity index (χ3n) is 2.50. The monoisotopic (exact) mass is 264 g/mol. The van der Waals surface area contributed by atoms with Crippen LogP contribution in [0.1, 0.15) is 36.5 Å². The van der Waals surface area contributed by atoms with Gasteiger partial charge < -0.3 is 20.0 Å². The Morgan fingerprint density at radius 1 is 1.26 bits per heavy atom. The molecule has 0 heterocycles.